The maximum atomic E-state index is 13.8. The van der Waals surface area contributed by atoms with Gasteiger partial charge < -0.3 is 31.3 Å². The zero-order valence-electron chi connectivity index (χ0n) is 26.2. The number of ether oxygens (including phenoxy) is 1. The van der Waals surface area contributed by atoms with Crippen LogP contribution in [0.4, 0.5) is 4.39 Å². The zero-order chi connectivity index (χ0) is 31.3. The van der Waals surface area contributed by atoms with Gasteiger partial charge in [0.2, 0.25) is 17.7 Å². The number of nitrogens with zero attached hydrogens (tertiary/aromatic N) is 1. The monoisotopic (exact) mass is 627 g/mol. The van der Waals surface area contributed by atoms with E-state index in [4.69, 9.17) is 10.5 Å². The Morgan fingerprint density at radius 3 is 2.33 bits per heavy atom. The van der Waals surface area contributed by atoms with Crippen molar-refractivity contribution >= 4 is 36.1 Å². The molecule has 2 rings (SSSR count). The van der Waals surface area contributed by atoms with Crippen LogP contribution in [0.2, 0.25) is 0 Å². The summed E-state index contributed by atoms with van der Waals surface area (Å²) >= 11 is 0. The second kappa shape index (κ2) is 18.8. The van der Waals surface area contributed by atoms with Crippen molar-refractivity contribution in [2.24, 2.45) is 11.1 Å². The summed E-state index contributed by atoms with van der Waals surface area (Å²) in [5.41, 5.74) is 5.57. The molecule has 5 N–H and O–H groups in total. The number of rotatable bonds is 16. The third kappa shape index (κ3) is 12.4. The Bertz CT molecular complexity index is 1040. The SMILES string of the molecule is CCOC(=O)[C@H](Cc1ccc(F)cc1)NC(=O)[C@@H]1CCCN1C(=O)[C@@H](NC(=O)[C@H](C)NCCCCCCN)C(C)(C)C.Cl. The average Bonchev–Trinajstić information content (AvgIpc) is 3.43. The first-order valence-electron chi connectivity index (χ1n) is 15.1. The summed E-state index contributed by atoms with van der Waals surface area (Å²) in [6.07, 6.45) is 5.15. The maximum absolute atomic E-state index is 13.8. The summed E-state index contributed by atoms with van der Waals surface area (Å²) in [4.78, 5) is 54.6. The van der Waals surface area contributed by atoms with Crippen molar-refractivity contribution in [3.8, 4) is 0 Å². The molecule has 0 spiro atoms. The van der Waals surface area contributed by atoms with Crippen molar-refractivity contribution in [1.29, 1.82) is 0 Å². The largest absolute Gasteiger partial charge is 0.464 e. The van der Waals surface area contributed by atoms with Gasteiger partial charge in [-0.25, -0.2) is 9.18 Å². The summed E-state index contributed by atoms with van der Waals surface area (Å²) in [6.45, 7) is 10.9. The molecule has 244 valence electrons. The predicted molar refractivity (Wildman–Crippen MR) is 167 cm³/mol. The first-order valence-corrected chi connectivity index (χ1v) is 15.1. The molecule has 0 bridgehead atoms. The highest BCUT2D eigenvalue weighted by Crippen LogP contribution is 2.26. The highest BCUT2D eigenvalue weighted by atomic mass is 35.5. The minimum absolute atomic E-state index is 0. The number of esters is 1. The molecular weight excluding hydrogens is 577 g/mol. The Morgan fingerprint density at radius 2 is 1.72 bits per heavy atom. The van der Waals surface area contributed by atoms with E-state index in [2.05, 4.69) is 16.0 Å². The van der Waals surface area contributed by atoms with Crippen molar-refractivity contribution < 1.29 is 28.3 Å². The quantitative estimate of drug-likeness (QED) is 0.163. The van der Waals surface area contributed by atoms with E-state index in [1.165, 1.54) is 17.0 Å². The predicted octanol–water partition coefficient (Wildman–Crippen LogP) is 2.86. The van der Waals surface area contributed by atoms with Crippen LogP contribution in [0, 0.1) is 11.2 Å². The highest BCUT2D eigenvalue weighted by Gasteiger charge is 2.43. The van der Waals surface area contributed by atoms with Gasteiger partial charge in [-0.3, -0.25) is 14.4 Å². The fraction of sp³-hybridized carbons (Fsp3) is 0.677. The number of nitrogens with one attached hydrogen (secondary N) is 3. The topological polar surface area (TPSA) is 143 Å². The van der Waals surface area contributed by atoms with Gasteiger partial charge >= 0.3 is 5.97 Å². The van der Waals surface area contributed by atoms with Crippen molar-refractivity contribution in [2.75, 3.05) is 26.2 Å². The van der Waals surface area contributed by atoms with Crippen molar-refractivity contribution in [2.45, 2.75) is 104 Å². The van der Waals surface area contributed by atoms with Gasteiger partial charge in [0.15, 0.2) is 0 Å². The number of nitrogens with two attached hydrogens (primary N) is 1. The lowest BCUT2D eigenvalue weighted by atomic mass is 9.85. The molecular formula is C31H51ClFN5O5. The van der Waals surface area contributed by atoms with E-state index in [1.54, 1.807) is 26.0 Å². The third-order valence-corrected chi connectivity index (χ3v) is 7.45. The van der Waals surface area contributed by atoms with Crippen molar-refractivity contribution in [1.82, 2.24) is 20.9 Å². The number of carbonyl (C=O) groups excluding carboxylic acids is 4. The molecule has 43 heavy (non-hydrogen) atoms. The third-order valence-electron chi connectivity index (χ3n) is 7.45. The summed E-state index contributed by atoms with van der Waals surface area (Å²) in [6, 6.07) is 2.53. The van der Waals surface area contributed by atoms with Crippen LogP contribution in [-0.4, -0.2) is 79.0 Å². The number of amides is 3. The molecule has 1 fully saturated rings. The maximum Gasteiger partial charge on any atom is 0.328 e. The van der Waals surface area contributed by atoms with Gasteiger partial charge in [0.05, 0.1) is 12.6 Å². The Morgan fingerprint density at radius 1 is 1.07 bits per heavy atom. The molecule has 0 saturated carbocycles. The second-order valence-electron chi connectivity index (χ2n) is 12.0. The van der Waals surface area contributed by atoms with Crippen LogP contribution in [0.25, 0.3) is 0 Å². The first-order chi connectivity index (χ1) is 19.9. The summed E-state index contributed by atoms with van der Waals surface area (Å²) in [7, 11) is 0. The standard InChI is InChI=1S/C31H50FN5O5.ClH/c1-6-42-30(41)24(20-22-13-15-23(32)16-14-22)35-28(39)25-12-11-19-37(25)29(40)26(31(3,4)5)36-27(38)21(2)34-18-10-8-7-9-17-33;/h13-16,21,24-26,34H,6-12,17-20,33H2,1-5H3,(H,35,39)(H,36,38);1H/t21-,24-,25-,26+;/m0./s1. The van der Waals surface area contributed by atoms with E-state index in [1.807, 2.05) is 20.8 Å². The van der Waals surface area contributed by atoms with Gasteiger partial charge in [-0.1, -0.05) is 45.7 Å². The smallest absolute Gasteiger partial charge is 0.328 e. The van der Waals surface area contributed by atoms with Gasteiger partial charge in [0, 0.05) is 13.0 Å². The Labute approximate surface area is 261 Å². The second-order valence-corrected chi connectivity index (χ2v) is 12.0. The number of carbonyl (C=O) groups is 4. The molecule has 1 heterocycles. The number of hydrogen-bond donors (Lipinski definition) is 4. The lowest BCUT2D eigenvalue weighted by molar-refractivity contribution is -0.149. The number of likely N-dealkylation sites (tertiary alicyclic amines) is 1. The van der Waals surface area contributed by atoms with Crippen LogP contribution in [0.15, 0.2) is 24.3 Å². The molecule has 10 nitrogen and oxygen atoms in total. The zero-order valence-corrected chi connectivity index (χ0v) is 27.1. The van der Waals surface area contributed by atoms with Gasteiger partial charge in [-0.2, -0.15) is 0 Å². The lowest BCUT2D eigenvalue weighted by Gasteiger charge is -2.36. The molecule has 1 aliphatic rings. The first kappa shape index (κ1) is 38.3. The van der Waals surface area contributed by atoms with Gasteiger partial charge in [-0.05, 0) is 75.7 Å². The molecule has 1 aromatic rings. The molecule has 0 unspecified atom stereocenters. The Balaban J connectivity index is 0.00000924. The fourth-order valence-electron chi connectivity index (χ4n) is 4.98. The van der Waals surface area contributed by atoms with E-state index >= 15 is 0 Å². The van der Waals surface area contributed by atoms with E-state index < -0.39 is 47.3 Å². The van der Waals surface area contributed by atoms with Crippen LogP contribution in [-0.2, 0) is 30.3 Å². The summed E-state index contributed by atoms with van der Waals surface area (Å²) in [5.74, 6) is -2.10. The van der Waals surface area contributed by atoms with Crippen LogP contribution in [0.5, 0.6) is 0 Å². The summed E-state index contributed by atoms with van der Waals surface area (Å²) < 4.78 is 18.6. The summed E-state index contributed by atoms with van der Waals surface area (Å²) in [5, 5.41) is 8.91. The van der Waals surface area contributed by atoms with Gasteiger partial charge in [-0.15, -0.1) is 12.4 Å². The van der Waals surface area contributed by atoms with Crippen molar-refractivity contribution in [3.63, 3.8) is 0 Å². The highest BCUT2D eigenvalue weighted by molar-refractivity contribution is 5.95. The van der Waals surface area contributed by atoms with Crippen LogP contribution in [0.1, 0.15) is 78.7 Å². The molecule has 3 amide bonds. The van der Waals surface area contributed by atoms with Crippen molar-refractivity contribution in [3.05, 3.63) is 35.6 Å². The number of benzene rings is 1. The van der Waals surface area contributed by atoms with E-state index in [0.717, 1.165) is 25.7 Å². The number of hydrogen-bond acceptors (Lipinski definition) is 7. The molecule has 0 aliphatic carbocycles. The molecule has 1 aliphatic heterocycles. The van der Waals surface area contributed by atoms with Gasteiger partial charge in [0.25, 0.3) is 0 Å². The van der Waals surface area contributed by atoms with E-state index in [0.29, 0.717) is 38.0 Å². The van der Waals surface area contributed by atoms with E-state index in [-0.39, 0.29) is 37.2 Å². The molecule has 1 aromatic carbocycles. The molecule has 12 heteroatoms. The number of unbranched alkanes of at least 4 members (excludes halogenated alkanes) is 3. The van der Waals surface area contributed by atoms with E-state index in [9.17, 15) is 23.6 Å². The lowest BCUT2D eigenvalue weighted by Crippen LogP contribution is -2.60. The fourth-order valence-corrected chi connectivity index (χ4v) is 4.98. The van der Waals surface area contributed by atoms with Crippen LogP contribution in [0.3, 0.4) is 0 Å². The Kier molecular flexibility index (Phi) is 16.7. The minimum atomic E-state index is -0.999. The van der Waals surface area contributed by atoms with Crippen LogP contribution >= 0.6 is 12.4 Å². The molecule has 0 aromatic heterocycles. The van der Waals surface area contributed by atoms with Gasteiger partial charge in [0.1, 0.15) is 23.9 Å². The average molecular weight is 628 g/mol. The number of halogens is 2. The Hall–Kier alpha value is -2.76. The molecule has 4 atom stereocenters. The normalized spacial score (nSPS) is 16.9. The van der Waals surface area contributed by atoms with Crippen LogP contribution < -0.4 is 21.7 Å². The molecule has 1 saturated heterocycles. The molecule has 0 radical (unpaired) electrons. The minimum Gasteiger partial charge on any atom is -0.464 e.